The highest BCUT2D eigenvalue weighted by atomic mass is 16.6. The van der Waals surface area contributed by atoms with Gasteiger partial charge in [-0.05, 0) is 147 Å². The second kappa shape index (κ2) is 34.0. The van der Waals surface area contributed by atoms with Crippen LogP contribution >= 0.6 is 0 Å². The first-order valence-corrected chi connectivity index (χ1v) is 28.2. The third kappa shape index (κ3) is 34.5. The summed E-state index contributed by atoms with van der Waals surface area (Å²) in [6.07, 6.45) is 1.04. The number of hydrogen-bond donors (Lipinski definition) is 6. The number of rotatable bonds is 31. The van der Waals surface area contributed by atoms with E-state index in [9.17, 15) is 52.7 Å². The molecule has 1 rings (SSSR count). The number of Topliss-reactive ketones (excluding diaryl/α,β-unsaturated/α-hetero) is 1. The van der Waals surface area contributed by atoms with E-state index in [1.54, 1.807) is 128 Å². The first kappa shape index (κ1) is 73.2. The van der Waals surface area contributed by atoms with Crippen LogP contribution in [0, 0.1) is 5.92 Å². The van der Waals surface area contributed by atoms with E-state index in [0.29, 0.717) is 30.4 Å². The van der Waals surface area contributed by atoms with Gasteiger partial charge in [-0.15, -0.1) is 0 Å². The number of unbranched alkanes of at least 4 members (excludes halogenated alkanes) is 3. The van der Waals surface area contributed by atoms with E-state index in [4.69, 9.17) is 28.4 Å². The number of carbonyl (C=O) groups excluding carboxylic acids is 11. The van der Waals surface area contributed by atoms with Gasteiger partial charge in [-0.2, -0.15) is 0 Å². The van der Waals surface area contributed by atoms with E-state index in [0.717, 1.165) is 12.8 Å². The van der Waals surface area contributed by atoms with E-state index in [2.05, 4.69) is 31.9 Å². The molecule has 0 saturated carbocycles. The number of carbonyl (C=O) groups is 11. The fourth-order valence-corrected chi connectivity index (χ4v) is 7.68. The summed E-state index contributed by atoms with van der Waals surface area (Å²) in [5.74, 6) is -7.87. The van der Waals surface area contributed by atoms with Crippen molar-refractivity contribution in [3.05, 3.63) is 35.4 Å². The summed E-state index contributed by atoms with van der Waals surface area (Å²) < 4.78 is 32.2. The van der Waals surface area contributed by atoms with Gasteiger partial charge in [0.1, 0.15) is 46.1 Å². The Morgan fingerprint density at radius 3 is 1.39 bits per heavy atom. The molecule has 0 aliphatic carbocycles. The molecule has 464 valence electrons. The van der Waals surface area contributed by atoms with Crippen LogP contribution in [0.3, 0.4) is 0 Å². The van der Waals surface area contributed by atoms with Crippen LogP contribution in [0.25, 0.3) is 0 Å². The Morgan fingerprint density at radius 2 is 0.902 bits per heavy atom. The van der Waals surface area contributed by atoms with E-state index in [1.165, 1.54) is 7.11 Å². The molecule has 23 nitrogen and oxygen atoms in total. The number of nitrogens with one attached hydrogen (secondary N) is 6. The second-order valence-electron chi connectivity index (χ2n) is 25.2. The van der Waals surface area contributed by atoms with Gasteiger partial charge in [-0.1, -0.05) is 50.5 Å². The Labute approximate surface area is 485 Å². The smallest absolute Gasteiger partial charge is 0.329 e. The van der Waals surface area contributed by atoms with Gasteiger partial charge in [-0.3, -0.25) is 28.8 Å². The molecule has 6 amide bonds. The minimum Gasteiger partial charge on any atom is -0.467 e. The average Bonchev–Trinajstić information content (AvgIpc) is 3.30. The molecule has 0 unspecified atom stereocenters. The minimum absolute atomic E-state index is 0.101. The van der Waals surface area contributed by atoms with Crippen LogP contribution in [0.2, 0.25) is 0 Å². The zero-order chi connectivity index (χ0) is 62.8. The normalized spacial score (nSPS) is 13.7. The quantitative estimate of drug-likeness (QED) is 0.0253. The van der Waals surface area contributed by atoms with Crippen LogP contribution in [0.1, 0.15) is 199 Å². The Morgan fingerprint density at radius 1 is 0.451 bits per heavy atom. The number of amides is 6. The van der Waals surface area contributed by atoms with Crippen molar-refractivity contribution in [2.24, 2.45) is 5.92 Å². The highest BCUT2D eigenvalue weighted by molar-refractivity contribution is 5.97. The summed E-state index contributed by atoms with van der Waals surface area (Å²) in [7, 11) is 1.18. The third-order valence-corrected chi connectivity index (χ3v) is 11.2. The van der Waals surface area contributed by atoms with Crippen LogP contribution < -0.4 is 31.9 Å². The molecule has 5 atom stereocenters. The Balaban J connectivity index is 3.05. The van der Waals surface area contributed by atoms with Crippen LogP contribution in [0.4, 0.5) is 9.59 Å². The van der Waals surface area contributed by atoms with Crippen molar-refractivity contribution >= 4 is 65.5 Å². The third-order valence-electron chi connectivity index (χ3n) is 11.2. The summed E-state index contributed by atoms with van der Waals surface area (Å²) in [4.78, 5) is 145. The summed E-state index contributed by atoms with van der Waals surface area (Å²) in [6.45, 7) is 27.2. The molecule has 0 bridgehead atoms. The molecule has 0 fully saturated rings. The number of methoxy groups -OCH3 is 1. The van der Waals surface area contributed by atoms with Crippen LogP contribution in [0.15, 0.2) is 24.3 Å². The van der Waals surface area contributed by atoms with Gasteiger partial charge >= 0.3 is 47.9 Å². The molecule has 0 saturated heterocycles. The number of esters is 6. The minimum atomic E-state index is -1.47. The summed E-state index contributed by atoms with van der Waals surface area (Å²) >= 11 is 0. The van der Waals surface area contributed by atoms with Crippen LogP contribution in [0.5, 0.6) is 0 Å². The zero-order valence-electron chi connectivity index (χ0n) is 51.7. The lowest BCUT2D eigenvalue weighted by atomic mass is 9.92. The van der Waals surface area contributed by atoms with Gasteiger partial charge in [0.15, 0.2) is 5.78 Å². The van der Waals surface area contributed by atoms with Crippen molar-refractivity contribution in [2.45, 2.75) is 253 Å². The van der Waals surface area contributed by atoms with Gasteiger partial charge in [0.25, 0.3) is 0 Å². The van der Waals surface area contributed by atoms with E-state index < -0.39 is 143 Å². The largest absolute Gasteiger partial charge is 0.467 e. The van der Waals surface area contributed by atoms with E-state index in [1.807, 2.05) is 6.92 Å². The SMILES string of the molecule is CCCCC[C@H](NC(=O)[C@H](CC(=O)OC(C)(C)C)CC(=O)[C@H](CC(=O)OC(C)(C)C)NC(=O)Cc1ccc(CNC(=O)NCCCC[C@H](NC(=O)N[C@@H](CCC(=O)OC(C)(C)C)C(=O)OC(C)(C)C)C(=O)OC(C)(C)C)cc1)C(=O)OC. The number of urea groups is 2. The summed E-state index contributed by atoms with van der Waals surface area (Å²) in [5, 5.41) is 15.9. The molecule has 0 aliphatic rings. The van der Waals surface area contributed by atoms with Crippen molar-refractivity contribution in [1.29, 1.82) is 0 Å². The molecule has 0 heterocycles. The van der Waals surface area contributed by atoms with Crippen LogP contribution in [-0.4, -0.2) is 131 Å². The van der Waals surface area contributed by atoms with Gasteiger partial charge in [-0.25, -0.2) is 24.0 Å². The molecule has 0 spiro atoms. The van der Waals surface area contributed by atoms with Gasteiger partial charge < -0.3 is 60.3 Å². The lowest BCUT2D eigenvalue weighted by Gasteiger charge is -2.27. The number of hydrogen-bond acceptors (Lipinski definition) is 17. The molecular formula is C59H96N6O17. The second-order valence-corrected chi connectivity index (χ2v) is 25.2. The molecule has 23 heteroatoms. The molecule has 6 N–H and O–H groups in total. The highest BCUT2D eigenvalue weighted by Crippen LogP contribution is 2.21. The lowest BCUT2D eigenvalue weighted by molar-refractivity contribution is -0.159. The Hall–Kier alpha value is -6.81. The van der Waals surface area contributed by atoms with E-state index >= 15 is 0 Å². The summed E-state index contributed by atoms with van der Waals surface area (Å²) in [6, 6.07) is 0.399. The molecule has 0 radical (unpaired) electrons. The maximum absolute atomic E-state index is 14.1. The molecule has 1 aromatic carbocycles. The average molecular weight is 1160 g/mol. The van der Waals surface area contributed by atoms with E-state index in [-0.39, 0.29) is 45.2 Å². The Bertz CT molecular complexity index is 2300. The number of benzene rings is 1. The van der Waals surface area contributed by atoms with Gasteiger partial charge in [0.05, 0.1) is 38.3 Å². The molecule has 0 aliphatic heterocycles. The monoisotopic (exact) mass is 1160 g/mol. The first-order chi connectivity index (χ1) is 37.7. The maximum Gasteiger partial charge on any atom is 0.329 e. The zero-order valence-corrected chi connectivity index (χ0v) is 51.7. The number of ether oxygens (including phenoxy) is 6. The van der Waals surface area contributed by atoms with Crippen molar-refractivity contribution in [3.63, 3.8) is 0 Å². The lowest BCUT2D eigenvalue weighted by Crippen LogP contribution is -2.53. The van der Waals surface area contributed by atoms with Crippen molar-refractivity contribution < 1.29 is 81.2 Å². The fourth-order valence-electron chi connectivity index (χ4n) is 7.68. The first-order valence-electron chi connectivity index (χ1n) is 28.2. The predicted molar refractivity (Wildman–Crippen MR) is 304 cm³/mol. The topological polar surface area (TPSA) is 315 Å². The molecule has 82 heavy (non-hydrogen) atoms. The molecular weight excluding hydrogens is 1060 g/mol. The number of ketones is 1. The van der Waals surface area contributed by atoms with Gasteiger partial charge in [0, 0.05) is 25.9 Å². The van der Waals surface area contributed by atoms with Crippen molar-refractivity contribution in [1.82, 2.24) is 31.9 Å². The predicted octanol–water partition coefficient (Wildman–Crippen LogP) is 6.80. The van der Waals surface area contributed by atoms with Crippen molar-refractivity contribution in [2.75, 3.05) is 13.7 Å². The Kier molecular flexibility index (Phi) is 30.3. The fraction of sp³-hybridized carbons (Fsp3) is 0.712. The maximum atomic E-state index is 14.1. The van der Waals surface area contributed by atoms with Crippen molar-refractivity contribution in [3.8, 4) is 0 Å². The van der Waals surface area contributed by atoms with Gasteiger partial charge in [0.2, 0.25) is 11.8 Å². The standard InChI is InChI=1S/C59H96N6O17/c1-18-19-20-23-40(50(72)77-17)63-49(71)39(34-47(69)79-56(5,6)7)33-44(66)43(35-48(70)80-57(8,9)10)62-45(67)32-37-25-27-38(28-26-37)36-61-53(75)60-31-22-21-24-41(51(73)81-58(11,12)13)64-54(76)65-42(52(74)82-59(14,15)16)29-30-46(68)78-55(2,3)4/h25-28,39-43H,18-24,29-36H2,1-17H3,(H,62,67)(H,63,71)(H2,60,61,75)(H2,64,65,76)/t39-,40-,41-,42-,43-/m0/s1. The van der Waals surface area contributed by atoms with Crippen LogP contribution in [-0.2, 0) is 84.5 Å². The molecule has 1 aromatic rings. The highest BCUT2D eigenvalue weighted by Gasteiger charge is 2.36. The summed E-state index contributed by atoms with van der Waals surface area (Å²) in [5.41, 5.74) is -3.21. The molecule has 0 aromatic heterocycles.